The van der Waals surface area contributed by atoms with E-state index in [1.807, 2.05) is 30.3 Å². The topological polar surface area (TPSA) is 155 Å². The Bertz CT molecular complexity index is 1390. The summed E-state index contributed by atoms with van der Waals surface area (Å²) < 4.78 is 5.78. The SMILES string of the molecule is CC1(C)Oc2cc(Nc3ncc(C(=O)NNC(=O)C4CC4)c(N[C@H](CO)c4ccccc4)n3)ccc2C1=O. The third-order valence-corrected chi connectivity index (χ3v) is 6.37. The fourth-order valence-electron chi connectivity index (χ4n) is 4.08. The fourth-order valence-corrected chi connectivity index (χ4v) is 4.08. The first-order chi connectivity index (χ1) is 18.2. The number of aromatic nitrogens is 2. The molecule has 2 amide bonds. The first-order valence-corrected chi connectivity index (χ1v) is 12.3. The minimum Gasteiger partial charge on any atom is -0.479 e. The number of hydrogen-bond donors (Lipinski definition) is 5. The average molecular weight is 517 g/mol. The third kappa shape index (κ3) is 5.28. The summed E-state index contributed by atoms with van der Waals surface area (Å²) in [6.45, 7) is 3.16. The largest absolute Gasteiger partial charge is 0.479 e. The van der Waals surface area contributed by atoms with Crippen LogP contribution in [0.3, 0.4) is 0 Å². The van der Waals surface area contributed by atoms with Crippen molar-refractivity contribution in [2.75, 3.05) is 17.2 Å². The maximum atomic E-state index is 12.9. The highest BCUT2D eigenvalue weighted by molar-refractivity contribution is 6.07. The zero-order valence-electron chi connectivity index (χ0n) is 20.9. The highest BCUT2D eigenvalue weighted by atomic mass is 16.5. The van der Waals surface area contributed by atoms with Crippen molar-refractivity contribution in [2.24, 2.45) is 5.92 Å². The smallest absolute Gasteiger partial charge is 0.275 e. The minimum atomic E-state index is -0.935. The zero-order chi connectivity index (χ0) is 26.9. The van der Waals surface area contributed by atoms with Gasteiger partial charge in [0.25, 0.3) is 5.91 Å². The average Bonchev–Trinajstić information content (AvgIpc) is 3.73. The van der Waals surface area contributed by atoms with Gasteiger partial charge in [-0.25, -0.2) is 4.98 Å². The molecule has 2 aromatic carbocycles. The van der Waals surface area contributed by atoms with Crippen molar-refractivity contribution in [1.29, 1.82) is 0 Å². The number of anilines is 3. The summed E-state index contributed by atoms with van der Waals surface area (Å²) in [5.41, 5.74) is 5.85. The van der Waals surface area contributed by atoms with E-state index >= 15 is 0 Å². The van der Waals surface area contributed by atoms with Crippen LogP contribution in [0.5, 0.6) is 5.75 Å². The van der Waals surface area contributed by atoms with Crippen molar-refractivity contribution >= 4 is 35.1 Å². The maximum absolute atomic E-state index is 12.9. The Kier molecular flexibility index (Phi) is 6.68. The van der Waals surface area contributed by atoms with Crippen LogP contribution < -0.4 is 26.2 Å². The molecule has 2 aliphatic rings. The number of ether oxygens (including phenoxy) is 1. The molecule has 1 atom stereocenters. The van der Waals surface area contributed by atoms with Crippen LogP contribution in [0.25, 0.3) is 0 Å². The van der Waals surface area contributed by atoms with E-state index in [4.69, 9.17) is 4.74 Å². The van der Waals surface area contributed by atoms with Gasteiger partial charge in [0.15, 0.2) is 5.60 Å². The quantitative estimate of drug-likeness (QED) is 0.284. The molecule has 1 aliphatic carbocycles. The summed E-state index contributed by atoms with van der Waals surface area (Å²) in [5.74, 6) is -0.256. The molecule has 1 saturated carbocycles. The van der Waals surface area contributed by atoms with Gasteiger partial charge in [-0.15, -0.1) is 0 Å². The Hall–Kier alpha value is -4.51. The molecule has 11 heteroatoms. The number of hydrogen-bond acceptors (Lipinski definition) is 9. The summed E-state index contributed by atoms with van der Waals surface area (Å²) >= 11 is 0. The second-order valence-corrected chi connectivity index (χ2v) is 9.74. The number of nitrogens with one attached hydrogen (secondary N) is 4. The number of ketones is 1. The Morgan fingerprint density at radius 3 is 2.61 bits per heavy atom. The predicted octanol–water partition coefficient (Wildman–Crippen LogP) is 2.89. The Labute approximate surface area is 219 Å². The van der Waals surface area contributed by atoms with Crippen molar-refractivity contribution in [3.05, 3.63) is 71.4 Å². The maximum Gasteiger partial charge on any atom is 0.275 e. The lowest BCUT2D eigenvalue weighted by atomic mass is 10.00. The lowest BCUT2D eigenvalue weighted by molar-refractivity contribution is -0.123. The molecule has 3 aromatic rings. The van der Waals surface area contributed by atoms with Gasteiger partial charge < -0.3 is 20.5 Å². The van der Waals surface area contributed by atoms with E-state index in [1.165, 1.54) is 6.20 Å². The minimum absolute atomic E-state index is 0.0747. The molecule has 0 unspecified atom stereocenters. The van der Waals surface area contributed by atoms with E-state index in [-0.39, 0.29) is 41.5 Å². The summed E-state index contributed by atoms with van der Waals surface area (Å²) in [7, 11) is 0. The zero-order valence-corrected chi connectivity index (χ0v) is 20.9. The molecule has 38 heavy (non-hydrogen) atoms. The fraction of sp³-hybridized carbons (Fsp3) is 0.296. The molecule has 0 saturated heterocycles. The van der Waals surface area contributed by atoms with Gasteiger partial charge in [-0.05, 0) is 44.4 Å². The molecule has 1 aliphatic heterocycles. The molecule has 0 bridgehead atoms. The van der Waals surface area contributed by atoms with Gasteiger partial charge >= 0.3 is 0 Å². The van der Waals surface area contributed by atoms with Gasteiger partial charge in [-0.3, -0.25) is 25.2 Å². The Morgan fingerprint density at radius 2 is 1.89 bits per heavy atom. The summed E-state index contributed by atoms with van der Waals surface area (Å²) in [6, 6.07) is 13.8. The van der Waals surface area contributed by atoms with E-state index in [0.29, 0.717) is 17.0 Å². The summed E-state index contributed by atoms with van der Waals surface area (Å²) in [4.78, 5) is 46.1. The van der Waals surface area contributed by atoms with Crippen LogP contribution in [0.15, 0.2) is 54.7 Å². The number of nitrogens with zero attached hydrogens (tertiary/aromatic N) is 2. The van der Waals surface area contributed by atoms with E-state index in [9.17, 15) is 19.5 Å². The third-order valence-electron chi connectivity index (χ3n) is 6.37. The summed E-state index contributed by atoms with van der Waals surface area (Å²) in [6.07, 6.45) is 2.92. The molecule has 2 heterocycles. The standard InChI is InChI=1S/C27H28N6O5/c1-27(2)22(35)18-11-10-17(12-21(18)38-27)29-26-28-13-19(25(37)33-32-24(36)16-8-9-16)23(31-26)30-20(14-34)15-6-4-3-5-7-15/h3-7,10-13,16,20,34H,8-9,14H2,1-2H3,(H,32,36)(H,33,37)(H2,28,29,30,31)/t20-/m1/s1. The number of amides is 2. The molecule has 1 fully saturated rings. The first kappa shape index (κ1) is 25.2. The van der Waals surface area contributed by atoms with Crippen LogP contribution in [0.1, 0.15) is 59.0 Å². The molecule has 0 spiro atoms. The molecule has 196 valence electrons. The monoisotopic (exact) mass is 516 g/mol. The molecule has 5 N–H and O–H groups in total. The number of benzene rings is 2. The number of hydrazine groups is 1. The van der Waals surface area contributed by atoms with E-state index < -0.39 is 17.6 Å². The van der Waals surface area contributed by atoms with Crippen LogP contribution in [-0.4, -0.2) is 44.9 Å². The van der Waals surface area contributed by atoms with Crippen LogP contribution in [-0.2, 0) is 4.79 Å². The Balaban J connectivity index is 1.41. The van der Waals surface area contributed by atoms with E-state index in [0.717, 1.165) is 18.4 Å². The van der Waals surface area contributed by atoms with Crippen molar-refractivity contribution < 1.29 is 24.2 Å². The second-order valence-electron chi connectivity index (χ2n) is 9.74. The lowest BCUT2D eigenvalue weighted by Crippen LogP contribution is -2.42. The van der Waals surface area contributed by atoms with Gasteiger partial charge in [-0.2, -0.15) is 4.98 Å². The van der Waals surface area contributed by atoms with Gasteiger partial charge in [0.2, 0.25) is 17.6 Å². The lowest BCUT2D eigenvalue weighted by Gasteiger charge is -2.20. The van der Waals surface area contributed by atoms with Crippen LogP contribution >= 0.6 is 0 Å². The highest BCUT2D eigenvalue weighted by Gasteiger charge is 2.39. The number of aliphatic hydroxyl groups is 1. The molecular formula is C27H28N6O5. The second kappa shape index (κ2) is 10.1. The predicted molar refractivity (Wildman–Crippen MR) is 139 cm³/mol. The number of Topliss-reactive ketones (excluding diaryl/α,β-unsaturated/α-hetero) is 1. The van der Waals surface area contributed by atoms with Gasteiger partial charge in [-0.1, -0.05) is 30.3 Å². The summed E-state index contributed by atoms with van der Waals surface area (Å²) in [5, 5.41) is 16.2. The number of carbonyl (C=O) groups excluding carboxylic acids is 3. The van der Waals surface area contributed by atoms with Gasteiger partial charge in [0, 0.05) is 23.9 Å². The van der Waals surface area contributed by atoms with E-state index in [2.05, 4.69) is 31.5 Å². The molecule has 11 nitrogen and oxygen atoms in total. The normalized spacial score (nSPS) is 16.1. The number of fused-ring (bicyclic) bond motifs is 1. The molecule has 5 rings (SSSR count). The van der Waals surface area contributed by atoms with Crippen molar-refractivity contribution in [1.82, 2.24) is 20.8 Å². The van der Waals surface area contributed by atoms with Gasteiger partial charge in [0.05, 0.1) is 18.2 Å². The van der Waals surface area contributed by atoms with Crippen LogP contribution in [0, 0.1) is 5.92 Å². The van der Waals surface area contributed by atoms with E-state index in [1.54, 1.807) is 32.0 Å². The van der Waals surface area contributed by atoms with Crippen molar-refractivity contribution in [2.45, 2.75) is 38.3 Å². The Morgan fingerprint density at radius 1 is 1.13 bits per heavy atom. The first-order valence-electron chi connectivity index (χ1n) is 12.3. The molecular weight excluding hydrogens is 488 g/mol. The highest BCUT2D eigenvalue weighted by Crippen LogP contribution is 2.37. The molecule has 1 aromatic heterocycles. The molecule has 0 radical (unpaired) electrons. The van der Waals surface area contributed by atoms with Crippen molar-refractivity contribution in [3.8, 4) is 5.75 Å². The number of carbonyl (C=O) groups is 3. The van der Waals surface area contributed by atoms with Crippen LogP contribution in [0.2, 0.25) is 0 Å². The number of aliphatic hydroxyl groups excluding tert-OH is 1. The number of rotatable bonds is 8. The van der Waals surface area contributed by atoms with Crippen molar-refractivity contribution in [3.63, 3.8) is 0 Å². The van der Waals surface area contributed by atoms with Gasteiger partial charge in [0.1, 0.15) is 17.1 Å². The van der Waals surface area contributed by atoms with Crippen LogP contribution in [0.4, 0.5) is 17.5 Å².